The second-order valence-electron chi connectivity index (χ2n) is 7.93. The van der Waals surface area contributed by atoms with Crippen LogP contribution in [0.25, 0.3) is 0 Å². The number of rotatable bonds is 7. The SMILES string of the molecule is C=C(N)N[C@@H]1c2cccn2C(=O)N[C@H]1CC.C=C(N[C@@H]1c2cccn2C(=O)N[C@H]1CC)SC. The van der Waals surface area contributed by atoms with Crippen LogP contribution in [0.3, 0.4) is 0 Å². The van der Waals surface area contributed by atoms with E-state index in [9.17, 15) is 9.59 Å². The third-order valence-electron chi connectivity index (χ3n) is 5.84. The monoisotopic (exact) mass is 471 g/mol. The molecule has 0 aliphatic carbocycles. The molecule has 0 bridgehead atoms. The Morgan fingerprint density at radius 2 is 1.42 bits per heavy atom. The molecule has 178 valence electrons. The van der Waals surface area contributed by atoms with Gasteiger partial charge in [0, 0.05) is 12.4 Å². The van der Waals surface area contributed by atoms with Gasteiger partial charge in [0.25, 0.3) is 0 Å². The van der Waals surface area contributed by atoms with E-state index in [4.69, 9.17) is 5.73 Å². The van der Waals surface area contributed by atoms with Crippen LogP contribution in [0.2, 0.25) is 0 Å². The van der Waals surface area contributed by atoms with Crippen molar-refractivity contribution in [3.05, 3.63) is 72.1 Å². The van der Waals surface area contributed by atoms with Crippen LogP contribution >= 0.6 is 11.8 Å². The fourth-order valence-electron chi connectivity index (χ4n) is 4.16. The average molecular weight is 472 g/mol. The van der Waals surface area contributed by atoms with Gasteiger partial charge in [-0.2, -0.15) is 0 Å². The summed E-state index contributed by atoms with van der Waals surface area (Å²) in [5.41, 5.74) is 7.49. The van der Waals surface area contributed by atoms with Crippen LogP contribution in [0.4, 0.5) is 9.59 Å². The molecule has 10 heteroatoms. The second-order valence-corrected chi connectivity index (χ2v) is 8.83. The van der Waals surface area contributed by atoms with Crippen LogP contribution in [0.5, 0.6) is 0 Å². The number of nitrogens with zero attached hydrogens (tertiary/aromatic N) is 2. The van der Waals surface area contributed by atoms with Crippen molar-refractivity contribution in [1.29, 1.82) is 0 Å². The molecule has 0 radical (unpaired) electrons. The Labute approximate surface area is 198 Å². The molecular formula is C23H33N7O2S. The number of thioether (sulfide) groups is 1. The summed E-state index contributed by atoms with van der Waals surface area (Å²) in [6.07, 6.45) is 7.23. The molecule has 4 atom stereocenters. The zero-order chi connectivity index (χ0) is 24.1. The molecule has 0 spiro atoms. The van der Waals surface area contributed by atoms with Gasteiger partial charge < -0.3 is 27.0 Å². The first-order valence-corrected chi connectivity index (χ1v) is 12.2. The van der Waals surface area contributed by atoms with Gasteiger partial charge in [0.1, 0.15) is 0 Å². The van der Waals surface area contributed by atoms with Crippen LogP contribution in [0.15, 0.2) is 60.7 Å². The van der Waals surface area contributed by atoms with Gasteiger partial charge >= 0.3 is 12.1 Å². The van der Waals surface area contributed by atoms with Crippen molar-refractivity contribution in [1.82, 2.24) is 30.4 Å². The number of carbonyl (C=O) groups is 2. The predicted octanol–water partition coefficient (Wildman–Crippen LogP) is 3.20. The van der Waals surface area contributed by atoms with Crippen LogP contribution in [-0.4, -0.2) is 39.5 Å². The van der Waals surface area contributed by atoms with Crippen molar-refractivity contribution in [3.63, 3.8) is 0 Å². The molecule has 0 fully saturated rings. The van der Waals surface area contributed by atoms with Crippen molar-refractivity contribution in [2.75, 3.05) is 6.26 Å². The highest BCUT2D eigenvalue weighted by Crippen LogP contribution is 2.26. The minimum Gasteiger partial charge on any atom is -0.386 e. The zero-order valence-corrected chi connectivity index (χ0v) is 20.1. The fourth-order valence-corrected chi connectivity index (χ4v) is 4.40. The maximum Gasteiger partial charge on any atom is 0.326 e. The minimum absolute atomic E-state index is 0.0183. The van der Waals surface area contributed by atoms with Crippen molar-refractivity contribution < 1.29 is 9.59 Å². The van der Waals surface area contributed by atoms with Gasteiger partial charge in [0.15, 0.2) is 0 Å². The van der Waals surface area contributed by atoms with Gasteiger partial charge in [0.05, 0.1) is 46.4 Å². The highest BCUT2D eigenvalue weighted by atomic mass is 32.2. The average Bonchev–Trinajstić information content (AvgIpc) is 3.48. The summed E-state index contributed by atoms with van der Waals surface area (Å²) in [4.78, 5) is 23.5. The lowest BCUT2D eigenvalue weighted by Crippen LogP contribution is -2.51. The molecule has 2 aromatic rings. The second kappa shape index (κ2) is 10.6. The molecular weight excluding hydrogens is 438 g/mol. The first-order chi connectivity index (χ1) is 15.8. The Morgan fingerprint density at radius 1 is 0.970 bits per heavy atom. The van der Waals surface area contributed by atoms with Gasteiger partial charge in [-0.1, -0.05) is 27.0 Å². The van der Waals surface area contributed by atoms with Gasteiger partial charge in [0.2, 0.25) is 0 Å². The first kappa shape index (κ1) is 24.4. The topological polar surface area (TPSA) is 118 Å². The number of amides is 2. The minimum atomic E-state index is -0.0902. The van der Waals surface area contributed by atoms with Crippen molar-refractivity contribution in [2.45, 2.75) is 50.9 Å². The molecule has 2 aliphatic rings. The quantitative estimate of drug-likeness (QED) is 0.423. The van der Waals surface area contributed by atoms with Gasteiger partial charge in [-0.3, -0.25) is 9.13 Å². The number of nitrogens with two attached hydrogens (primary N) is 1. The van der Waals surface area contributed by atoms with Crippen LogP contribution in [0.1, 0.15) is 50.2 Å². The molecule has 0 saturated carbocycles. The summed E-state index contributed by atoms with van der Waals surface area (Å²) in [5.74, 6) is 0.410. The van der Waals surface area contributed by atoms with E-state index in [0.29, 0.717) is 5.82 Å². The van der Waals surface area contributed by atoms with Crippen molar-refractivity contribution >= 4 is 23.8 Å². The molecule has 6 N–H and O–H groups in total. The van der Waals surface area contributed by atoms with Gasteiger partial charge in [-0.25, -0.2) is 9.59 Å². The van der Waals surface area contributed by atoms with E-state index in [1.807, 2.05) is 37.4 Å². The molecule has 33 heavy (non-hydrogen) atoms. The Morgan fingerprint density at radius 3 is 1.82 bits per heavy atom. The lowest BCUT2D eigenvalue weighted by molar-refractivity contribution is 0.224. The summed E-state index contributed by atoms with van der Waals surface area (Å²) in [7, 11) is 0. The first-order valence-electron chi connectivity index (χ1n) is 11.0. The van der Waals surface area contributed by atoms with Crippen molar-refractivity contribution in [2.24, 2.45) is 5.73 Å². The maximum absolute atomic E-state index is 11.8. The lowest BCUT2D eigenvalue weighted by Gasteiger charge is -2.34. The van der Waals surface area contributed by atoms with Crippen LogP contribution in [0, 0.1) is 0 Å². The van der Waals surface area contributed by atoms with E-state index in [2.05, 4.69) is 41.3 Å². The Kier molecular flexibility index (Phi) is 7.80. The van der Waals surface area contributed by atoms with Crippen molar-refractivity contribution in [3.8, 4) is 0 Å². The molecule has 0 aromatic carbocycles. The van der Waals surface area contributed by atoms with Crippen LogP contribution in [-0.2, 0) is 0 Å². The third kappa shape index (κ3) is 5.22. The predicted molar refractivity (Wildman–Crippen MR) is 133 cm³/mol. The zero-order valence-electron chi connectivity index (χ0n) is 19.3. The van der Waals surface area contributed by atoms with Crippen LogP contribution < -0.4 is 27.0 Å². The third-order valence-corrected chi connectivity index (χ3v) is 6.45. The standard InChI is InChI=1S/C12H17N3OS.C11H16N4O/c1-4-9-11(13-8(2)17-3)10-6-5-7-15(10)12(16)14-9;1-3-8-10(13-7(2)12)9-5-4-6-15(9)11(16)14-8/h5-7,9,11,13H,2,4H2,1,3H3,(H,14,16);4-6,8,10,13H,2-3,12H2,1H3,(H,14,16)/t9-,11-;8-,10-/m00/s1. The van der Waals surface area contributed by atoms with E-state index in [0.717, 1.165) is 29.3 Å². The summed E-state index contributed by atoms with van der Waals surface area (Å²) in [6, 6.07) is 7.71. The summed E-state index contributed by atoms with van der Waals surface area (Å²) in [5, 5.41) is 13.3. The van der Waals surface area contributed by atoms with E-state index >= 15 is 0 Å². The molecule has 0 unspecified atom stereocenters. The number of aromatic nitrogens is 2. The summed E-state index contributed by atoms with van der Waals surface area (Å²) < 4.78 is 3.24. The van der Waals surface area contributed by atoms with Gasteiger partial charge in [-0.15, -0.1) is 11.8 Å². The molecule has 9 nitrogen and oxygen atoms in total. The molecule has 4 heterocycles. The molecule has 2 amide bonds. The van der Waals surface area contributed by atoms with E-state index in [1.54, 1.807) is 33.3 Å². The highest BCUT2D eigenvalue weighted by molar-refractivity contribution is 8.02. The number of carbonyl (C=O) groups excluding carboxylic acids is 2. The fraction of sp³-hybridized carbons (Fsp3) is 0.391. The number of nitrogens with one attached hydrogen (secondary N) is 4. The maximum atomic E-state index is 11.8. The molecule has 4 rings (SSSR count). The molecule has 2 aromatic heterocycles. The van der Waals surface area contributed by atoms with E-state index < -0.39 is 0 Å². The summed E-state index contributed by atoms with van der Waals surface area (Å²) >= 11 is 1.58. The Balaban J connectivity index is 0.000000186. The lowest BCUT2D eigenvalue weighted by atomic mass is 10.0. The van der Waals surface area contributed by atoms with E-state index in [1.165, 1.54) is 0 Å². The molecule has 2 aliphatic heterocycles. The normalized spacial score (nSPS) is 23.1. The van der Waals surface area contributed by atoms with E-state index in [-0.39, 0.29) is 36.2 Å². The molecule has 0 saturated heterocycles. The highest BCUT2D eigenvalue weighted by Gasteiger charge is 2.33. The Bertz CT molecular complexity index is 1030. The number of fused-ring (bicyclic) bond motifs is 2. The largest absolute Gasteiger partial charge is 0.386 e. The van der Waals surface area contributed by atoms with Gasteiger partial charge in [-0.05, 0) is 43.4 Å². The Hall–Kier alpha value is -3.27. The smallest absolute Gasteiger partial charge is 0.326 e. The summed E-state index contributed by atoms with van der Waals surface area (Å²) in [6.45, 7) is 11.7. The number of hydrogen-bond acceptors (Lipinski definition) is 6. The number of hydrogen-bond donors (Lipinski definition) is 5.